The first kappa shape index (κ1) is 17.4. The molecule has 3 nitrogen and oxygen atoms in total. The van der Waals surface area contributed by atoms with Crippen LogP contribution < -0.4 is 5.32 Å². The summed E-state index contributed by atoms with van der Waals surface area (Å²) in [5.74, 6) is 0. The Labute approximate surface area is 127 Å². The zero-order chi connectivity index (χ0) is 15.0. The van der Waals surface area contributed by atoms with Crippen LogP contribution in [0.5, 0.6) is 0 Å². The van der Waals surface area contributed by atoms with Crippen molar-refractivity contribution in [3.63, 3.8) is 0 Å². The molecule has 0 bridgehead atoms. The lowest BCUT2D eigenvalue weighted by Gasteiger charge is -2.25. The molecule has 0 saturated carbocycles. The molecule has 1 atom stereocenters. The summed E-state index contributed by atoms with van der Waals surface area (Å²) in [6.45, 7) is 8.51. The van der Waals surface area contributed by atoms with Gasteiger partial charge in [-0.05, 0) is 32.9 Å². The number of methoxy groups -OCH3 is 1. The first-order chi connectivity index (χ1) is 9.50. The minimum absolute atomic E-state index is 0.0312. The molecule has 0 spiro atoms. The summed E-state index contributed by atoms with van der Waals surface area (Å²) in [5.41, 5.74) is 0.869. The number of likely N-dealkylation sites (N-methyl/N-ethyl adjacent to an activating group) is 1. The molecule has 0 aliphatic rings. The van der Waals surface area contributed by atoms with Crippen LogP contribution in [0.4, 0.5) is 0 Å². The minimum Gasteiger partial charge on any atom is -0.379 e. The van der Waals surface area contributed by atoms with Crippen LogP contribution >= 0.6 is 11.6 Å². The Hall–Kier alpha value is -0.610. The van der Waals surface area contributed by atoms with Crippen molar-refractivity contribution in [3.8, 4) is 0 Å². The average Bonchev–Trinajstić information content (AvgIpc) is 2.43. The summed E-state index contributed by atoms with van der Waals surface area (Å²) in [4.78, 5) is 0. The van der Waals surface area contributed by atoms with E-state index < -0.39 is 0 Å². The van der Waals surface area contributed by atoms with Gasteiger partial charge in [0, 0.05) is 24.2 Å². The van der Waals surface area contributed by atoms with Crippen LogP contribution in [-0.2, 0) is 9.47 Å². The van der Waals surface area contributed by atoms with E-state index in [9.17, 15) is 0 Å². The lowest BCUT2D eigenvalue weighted by atomic mass is 10.1. The molecule has 1 aromatic rings. The van der Waals surface area contributed by atoms with E-state index in [1.165, 1.54) is 0 Å². The van der Waals surface area contributed by atoms with Gasteiger partial charge < -0.3 is 14.8 Å². The van der Waals surface area contributed by atoms with E-state index in [0.717, 1.165) is 30.1 Å². The van der Waals surface area contributed by atoms with Crippen LogP contribution in [0.15, 0.2) is 24.3 Å². The Balaban J connectivity index is 2.63. The van der Waals surface area contributed by atoms with Crippen LogP contribution in [0.2, 0.25) is 5.02 Å². The maximum Gasteiger partial charge on any atom is 0.0963 e. The molecule has 0 saturated heterocycles. The third kappa shape index (κ3) is 5.80. The van der Waals surface area contributed by atoms with Gasteiger partial charge in [0.1, 0.15) is 0 Å². The average molecular weight is 300 g/mol. The van der Waals surface area contributed by atoms with Gasteiger partial charge in [-0.3, -0.25) is 0 Å². The summed E-state index contributed by atoms with van der Waals surface area (Å²) in [6, 6.07) is 7.84. The Morgan fingerprint density at radius 3 is 2.60 bits per heavy atom. The minimum atomic E-state index is -0.163. The maximum atomic E-state index is 6.26. The fourth-order valence-corrected chi connectivity index (χ4v) is 2.08. The van der Waals surface area contributed by atoms with E-state index in [1.807, 2.05) is 24.3 Å². The highest BCUT2D eigenvalue weighted by molar-refractivity contribution is 6.31. The van der Waals surface area contributed by atoms with Crippen molar-refractivity contribution in [1.29, 1.82) is 0 Å². The smallest absolute Gasteiger partial charge is 0.0963 e. The third-order valence-corrected chi connectivity index (χ3v) is 3.75. The molecule has 1 aromatic carbocycles. The molecule has 0 aromatic heterocycles. The van der Waals surface area contributed by atoms with Crippen molar-refractivity contribution in [1.82, 2.24) is 5.32 Å². The zero-order valence-corrected chi connectivity index (χ0v) is 13.7. The second-order valence-corrected chi connectivity index (χ2v) is 5.81. The molecule has 0 radical (unpaired) electrons. The lowest BCUT2D eigenvalue weighted by molar-refractivity contribution is -0.0271. The molecular formula is C16H26ClNO2. The van der Waals surface area contributed by atoms with Gasteiger partial charge in [0.15, 0.2) is 0 Å². The van der Waals surface area contributed by atoms with Crippen LogP contribution in [-0.4, -0.2) is 32.4 Å². The van der Waals surface area contributed by atoms with Gasteiger partial charge in [0.05, 0.1) is 18.3 Å². The highest BCUT2D eigenvalue weighted by Crippen LogP contribution is 2.26. The summed E-state index contributed by atoms with van der Waals surface area (Å²) in [7, 11) is 1.73. The van der Waals surface area contributed by atoms with Gasteiger partial charge in [0.25, 0.3) is 0 Å². The van der Waals surface area contributed by atoms with Crippen molar-refractivity contribution in [2.24, 2.45) is 0 Å². The number of ether oxygens (including phenoxy) is 2. The van der Waals surface area contributed by atoms with Gasteiger partial charge in [0.2, 0.25) is 0 Å². The van der Waals surface area contributed by atoms with Crippen LogP contribution in [0.1, 0.15) is 38.9 Å². The molecule has 114 valence electrons. The van der Waals surface area contributed by atoms with Crippen LogP contribution in [0.3, 0.4) is 0 Å². The van der Waals surface area contributed by atoms with E-state index in [1.54, 1.807) is 7.11 Å². The molecule has 0 aliphatic heterocycles. The lowest BCUT2D eigenvalue weighted by Crippen LogP contribution is -2.27. The largest absolute Gasteiger partial charge is 0.379 e. The Bertz CT molecular complexity index is 396. The quantitative estimate of drug-likeness (QED) is 0.752. The Morgan fingerprint density at radius 1 is 1.30 bits per heavy atom. The molecule has 0 fully saturated rings. The number of hydrogen-bond donors (Lipinski definition) is 1. The molecule has 1 unspecified atom stereocenters. The van der Waals surface area contributed by atoms with E-state index in [2.05, 4.69) is 26.1 Å². The third-order valence-electron chi connectivity index (χ3n) is 3.41. The van der Waals surface area contributed by atoms with E-state index in [0.29, 0.717) is 6.61 Å². The summed E-state index contributed by atoms with van der Waals surface area (Å²) < 4.78 is 11.4. The Morgan fingerprint density at radius 2 is 2.00 bits per heavy atom. The van der Waals surface area contributed by atoms with Crippen molar-refractivity contribution in [2.75, 3.05) is 26.8 Å². The molecule has 0 heterocycles. The van der Waals surface area contributed by atoms with Crippen LogP contribution in [0.25, 0.3) is 0 Å². The normalized spacial score (nSPS) is 13.4. The molecule has 0 amide bonds. The zero-order valence-electron chi connectivity index (χ0n) is 12.9. The molecular weight excluding hydrogens is 274 g/mol. The van der Waals surface area contributed by atoms with Gasteiger partial charge in [-0.2, -0.15) is 0 Å². The van der Waals surface area contributed by atoms with Gasteiger partial charge >= 0.3 is 0 Å². The summed E-state index contributed by atoms with van der Waals surface area (Å²) >= 11 is 6.26. The fraction of sp³-hybridized carbons (Fsp3) is 0.625. The predicted octanol–water partition coefficient (Wildman–Crippen LogP) is 3.82. The van der Waals surface area contributed by atoms with E-state index in [-0.39, 0.29) is 11.7 Å². The van der Waals surface area contributed by atoms with Gasteiger partial charge in [-0.15, -0.1) is 0 Å². The first-order valence-electron chi connectivity index (χ1n) is 7.12. The first-order valence-corrected chi connectivity index (χ1v) is 7.50. The fourth-order valence-electron chi connectivity index (χ4n) is 1.82. The van der Waals surface area contributed by atoms with Gasteiger partial charge in [-0.25, -0.2) is 0 Å². The Kier molecular flexibility index (Phi) is 7.52. The highest BCUT2D eigenvalue weighted by Gasteiger charge is 2.19. The van der Waals surface area contributed by atoms with Crippen molar-refractivity contribution in [3.05, 3.63) is 34.9 Å². The number of benzene rings is 1. The van der Waals surface area contributed by atoms with Crippen molar-refractivity contribution in [2.45, 2.75) is 38.9 Å². The summed E-state index contributed by atoms with van der Waals surface area (Å²) in [5, 5.41) is 4.07. The maximum absolute atomic E-state index is 6.26. The molecule has 20 heavy (non-hydrogen) atoms. The predicted molar refractivity (Wildman–Crippen MR) is 84.4 cm³/mol. The highest BCUT2D eigenvalue weighted by atomic mass is 35.5. The molecule has 4 heteroatoms. The second kappa shape index (κ2) is 8.63. The number of halogens is 1. The number of nitrogens with one attached hydrogen (secondary N) is 1. The van der Waals surface area contributed by atoms with Crippen LogP contribution in [0, 0.1) is 0 Å². The van der Waals surface area contributed by atoms with Crippen molar-refractivity contribution < 1.29 is 9.47 Å². The summed E-state index contributed by atoms with van der Waals surface area (Å²) in [6.07, 6.45) is 0.813. The standard InChI is InChI=1S/C16H26ClNO2/c1-5-18-12-15(13-8-6-7-9-14(13)17)20-11-10-16(2,3)19-4/h6-9,15,18H,5,10-12H2,1-4H3. The number of rotatable bonds is 9. The molecule has 0 aliphatic carbocycles. The topological polar surface area (TPSA) is 30.5 Å². The number of hydrogen-bond acceptors (Lipinski definition) is 3. The van der Waals surface area contributed by atoms with Gasteiger partial charge in [-0.1, -0.05) is 36.7 Å². The SMILES string of the molecule is CCNCC(OCCC(C)(C)OC)c1ccccc1Cl. The molecule has 1 N–H and O–H groups in total. The molecule has 1 rings (SSSR count). The second-order valence-electron chi connectivity index (χ2n) is 5.40. The monoisotopic (exact) mass is 299 g/mol. The van der Waals surface area contributed by atoms with E-state index in [4.69, 9.17) is 21.1 Å². The van der Waals surface area contributed by atoms with E-state index >= 15 is 0 Å². The van der Waals surface area contributed by atoms with Crippen molar-refractivity contribution >= 4 is 11.6 Å².